The molecule has 4 rings (SSSR count). The predicted molar refractivity (Wildman–Crippen MR) is 113 cm³/mol. The highest BCUT2D eigenvalue weighted by Crippen LogP contribution is 2.37. The fraction of sp³-hybridized carbons (Fsp3) is 0.261. The van der Waals surface area contributed by atoms with Gasteiger partial charge in [-0.1, -0.05) is 24.6 Å². The van der Waals surface area contributed by atoms with E-state index in [1.165, 1.54) is 0 Å². The SMILES string of the molecule is C#C[S+]([O-])c1cccc(-c2nc(C3CCC(C(=O)O)CC3)cc3cccnc23)c1. The van der Waals surface area contributed by atoms with E-state index >= 15 is 0 Å². The first-order valence-corrected chi connectivity index (χ1v) is 10.7. The number of pyridine rings is 2. The molecule has 2 aromatic heterocycles. The molecular formula is C23H20N2O3S. The molecule has 0 radical (unpaired) electrons. The number of aromatic nitrogens is 2. The summed E-state index contributed by atoms with van der Waals surface area (Å²) in [6.07, 6.45) is 9.98. The highest BCUT2D eigenvalue weighted by atomic mass is 32.2. The van der Waals surface area contributed by atoms with E-state index in [-0.39, 0.29) is 11.8 Å². The van der Waals surface area contributed by atoms with E-state index in [2.05, 4.69) is 16.3 Å². The fourth-order valence-electron chi connectivity index (χ4n) is 3.98. The lowest BCUT2D eigenvalue weighted by atomic mass is 9.80. The second kappa shape index (κ2) is 8.24. The average molecular weight is 404 g/mol. The fourth-order valence-corrected chi connectivity index (χ4v) is 4.55. The molecule has 5 nitrogen and oxygen atoms in total. The zero-order valence-corrected chi connectivity index (χ0v) is 16.6. The van der Waals surface area contributed by atoms with Crippen molar-refractivity contribution in [3.05, 3.63) is 54.4 Å². The first kappa shape index (κ1) is 19.4. The summed E-state index contributed by atoms with van der Waals surface area (Å²) in [7, 11) is 0. The van der Waals surface area contributed by atoms with Gasteiger partial charge >= 0.3 is 5.97 Å². The number of benzene rings is 1. The van der Waals surface area contributed by atoms with Crippen molar-refractivity contribution in [2.75, 3.05) is 0 Å². The van der Waals surface area contributed by atoms with Crippen molar-refractivity contribution < 1.29 is 14.5 Å². The summed E-state index contributed by atoms with van der Waals surface area (Å²) in [5.74, 6) is -0.751. The molecule has 1 fully saturated rings. The van der Waals surface area contributed by atoms with Crippen molar-refractivity contribution in [2.24, 2.45) is 5.92 Å². The molecule has 0 aliphatic heterocycles. The Kier molecular flexibility index (Phi) is 5.52. The molecule has 1 unspecified atom stereocenters. The third-order valence-electron chi connectivity index (χ3n) is 5.53. The van der Waals surface area contributed by atoms with Crippen molar-refractivity contribution >= 4 is 28.0 Å². The molecule has 2 heterocycles. The van der Waals surface area contributed by atoms with Gasteiger partial charge in [0.1, 0.15) is 0 Å². The van der Waals surface area contributed by atoms with Crippen LogP contribution in [0.4, 0.5) is 0 Å². The number of hydrogen-bond acceptors (Lipinski definition) is 4. The molecule has 3 aromatic rings. The number of carboxylic acid groups (broad SMARTS) is 1. The minimum atomic E-state index is -1.50. The van der Waals surface area contributed by atoms with Gasteiger partial charge in [-0.25, -0.2) is 0 Å². The Bertz CT molecular complexity index is 1100. The van der Waals surface area contributed by atoms with Crippen LogP contribution < -0.4 is 0 Å². The van der Waals surface area contributed by atoms with Gasteiger partial charge in [-0.15, -0.1) is 0 Å². The maximum atomic E-state index is 12.1. The quantitative estimate of drug-likeness (QED) is 0.516. The second-order valence-corrected chi connectivity index (χ2v) is 8.52. The van der Waals surface area contributed by atoms with Crippen LogP contribution in [0.3, 0.4) is 0 Å². The minimum absolute atomic E-state index is 0.219. The lowest BCUT2D eigenvalue weighted by Crippen LogP contribution is -2.21. The summed E-state index contributed by atoms with van der Waals surface area (Å²) in [6.45, 7) is 0. The van der Waals surface area contributed by atoms with Crippen LogP contribution in [0.1, 0.15) is 37.3 Å². The van der Waals surface area contributed by atoms with E-state index in [1.54, 1.807) is 18.3 Å². The molecule has 1 aromatic carbocycles. The summed E-state index contributed by atoms with van der Waals surface area (Å²) in [6, 6.07) is 13.2. The molecule has 1 saturated carbocycles. The summed E-state index contributed by atoms with van der Waals surface area (Å²) in [4.78, 5) is 21.3. The minimum Gasteiger partial charge on any atom is -0.599 e. The van der Waals surface area contributed by atoms with E-state index in [1.807, 2.05) is 24.3 Å². The largest absolute Gasteiger partial charge is 0.599 e. The Hall–Kier alpha value is -2.88. The number of carbonyl (C=O) groups is 1. The van der Waals surface area contributed by atoms with Crippen LogP contribution in [0, 0.1) is 17.6 Å². The highest BCUT2D eigenvalue weighted by molar-refractivity contribution is 7.96. The van der Waals surface area contributed by atoms with Gasteiger partial charge in [0.25, 0.3) is 0 Å². The topological polar surface area (TPSA) is 86.1 Å². The summed E-state index contributed by atoms with van der Waals surface area (Å²) < 4.78 is 12.1. The Balaban J connectivity index is 1.77. The number of fused-ring (bicyclic) bond motifs is 1. The zero-order valence-electron chi connectivity index (χ0n) is 15.7. The zero-order chi connectivity index (χ0) is 20.4. The Morgan fingerprint density at radius 2 is 1.97 bits per heavy atom. The van der Waals surface area contributed by atoms with Crippen LogP contribution in [0.15, 0.2) is 53.6 Å². The van der Waals surface area contributed by atoms with E-state index in [0.29, 0.717) is 17.7 Å². The third-order valence-corrected chi connectivity index (χ3v) is 6.43. The monoisotopic (exact) mass is 404 g/mol. The molecule has 29 heavy (non-hydrogen) atoms. The number of hydrogen-bond donors (Lipinski definition) is 1. The Morgan fingerprint density at radius 1 is 1.17 bits per heavy atom. The maximum absolute atomic E-state index is 12.1. The Morgan fingerprint density at radius 3 is 2.69 bits per heavy atom. The number of carboxylic acids is 1. The standard InChI is InChI=1S/C23H20N2O3S/c1-2-29(28)19-7-3-5-17(13-19)22-21-18(6-4-12-24-21)14-20(25-22)15-8-10-16(11-9-15)23(26)27/h1,3-7,12-16H,8-11H2,(H,26,27). The first-order chi connectivity index (χ1) is 14.1. The van der Waals surface area contributed by atoms with Crippen LogP contribution in [0.25, 0.3) is 22.2 Å². The molecule has 1 atom stereocenters. The molecule has 146 valence electrons. The average Bonchev–Trinajstić information content (AvgIpc) is 2.78. The molecule has 0 amide bonds. The van der Waals surface area contributed by atoms with Gasteiger partial charge in [-0.3, -0.25) is 14.8 Å². The van der Waals surface area contributed by atoms with Gasteiger partial charge in [0.05, 0.1) is 28.3 Å². The smallest absolute Gasteiger partial charge is 0.306 e. The molecular weight excluding hydrogens is 384 g/mol. The van der Waals surface area contributed by atoms with Gasteiger partial charge in [-0.2, -0.15) is 0 Å². The van der Waals surface area contributed by atoms with Gasteiger partial charge < -0.3 is 9.66 Å². The number of aliphatic carboxylic acids is 1. The summed E-state index contributed by atoms with van der Waals surface area (Å²) in [5, 5.41) is 12.5. The van der Waals surface area contributed by atoms with E-state index < -0.39 is 17.1 Å². The molecule has 0 saturated heterocycles. The van der Waals surface area contributed by atoms with Gasteiger partial charge in [-0.05, 0) is 43.9 Å². The molecule has 6 heteroatoms. The Labute approximate surface area is 172 Å². The predicted octanol–water partition coefficient (Wildman–Crippen LogP) is 4.35. The van der Waals surface area contributed by atoms with E-state index in [0.717, 1.165) is 40.7 Å². The first-order valence-electron chi connectivity index (χ1n) is 9.53. The van der Waals surface area contributed by atoms with Crippen LogP contribution in [-0.4, -0.2) is 25.6 Å². The summed E-state index contributed by atoms with van der Waals surface area (Å²) in [5.41, 5.74) is 3.28. The van der Waals surface area contributed by atoms with Crippen molar-refractivity contribution in [3.63, 3.8) is 0 Å². The van der Waals surface area contributed by atoms with Crippen LogP contribution in [-0.2, 0) is 16.0 Å². The van der Waals surface area contributed by atoms with E-state index in [9.17, 15) is 14.5 Å². The highest BCUT2D eigenvalue weighted by Gasteiger charge is 2.28. The lowest BCUT2D eigenvalue weighted by Gasteiger charge is -2.26. The third kappa shape index (κ3) is 3.98. The number of terminal acetylenes is 1. The van der Waals surface area contributed by atoms with E-state index in [4.69, 9.17) is 11.4 Å². The molecule has 1 aliphatic carbocycles. The van der Waals surface area contributed by atoms with Gasteiger partial charge in [0.15, 0.2) is 10.1 Å². The molecule has 0 spiro atoms. The van der Waals surface area contributed by atoms with Crippen molar-refractivity contribution in [2.45, 2.75) is 36.5 Å². The number of rotatable bonds is 4. The van der Waals surface area contributed by atoms with Crippen LogP contribution in [0.5, 0.6) is 0 Å². The van der Waals surface area contributed by atoms with Crippen molar-refractivity contribution in [1.29, 1.82) is 0 Å². The molecule has 1 N–H and O–H groups in total. The van der Waals surface area contributed by atoms with Gasteiger partial charge in [0.2, 0.25) is 0 Å². The van der Waals surface area contributed by atoms with Crippen molar-refractivity contribution in [3.8, 4) is 22.9 Å². The normalized spacial score (nSPS) is 20.1. The maximum Gasteiger partial charge on any atom is 0.306 e. The second-order valence-electron chi connectivity index (χ2n) is 7.27. The molecule has 0 bridgehead atoms. The van der Waals surface area contributed by atoms with Crippen molar-refractivity contribution in [1.82, 2.24) is 9.97 Å². The lowest BCUT2D eigenvalue weighted by molar-refractivity contribution is -0.142. The van der Waals surface area contributed by atoms with Crippen LogP contribution >= 0.6 is 0 Å². The van der Waals surface area contributed by atoms with Gasteiger partial charge in [0, 0.05) is 34.8 Å². The molecule has 1 aliphatic rings. The summed E-state index contributed by atoms with van der Waals surface area (Å²) >= 11 is -1.50. The van der Waals surface area contributed by atoms with Crippen LogP contribution in [0.2, 0.25) is 0 Å². The number of nitrogens with zero attached hydrogens (tertiary/aromatic N) is 2.